The first-order valence-corrected chi connectivity index (χ1v) is 4.26. The van der Waals surface area contributed by atoms with Gasteiger partial charge >= 0.3 is 0 Å². The summed E-state index contributed by atoms with van der Waals surface area (Å²) in [5, 5.41) is 1.16. The summed E-state index contributed by atoms with van der Waals surface area (Å²) >= 11 is 0. The Morgan fingerprint density at radius 3 is 2.85 bits per heavy atom. The number of hydrogen-bond donors (Lipinski definition) is 2. The first-order valence-electron chi connectivity index (χ1n) is 4.26. The zero-order valence-electron chi connectivity index (χ0n) is 7.62. The highest BCUT2D eigenvalue weighted by molar-refractivity contribution is 5.93. The number of aromatic nitrogens is 1. The molecule has 0 fully saturated rings. The van der Waals surface area contributed by atoms with Crippen molar-refractivity contribution in [1.82, 2.24) is 4.57 Å². The minimum Gasteiger partial charge on any atom is -0.397 e. The largest absolute Gasteiger partial charge is 0.397 e. The number of nitrogen functional groups attached to an aromatic ring is 1. The molecule has 68 valence electrons. The Morgan fingerprint density at radius 1 is 1.38 bits per heavy atom. The number of rotatable bonds is 1. The second kappa shape index (κ2) is 2.78. The number of nitrogens with two attached hydrogens (primary N) is 2. The molecule has 0 amide bonds. The summed E-state index contributed by atoms with van der Waals surface area (Å²) in [5.41, 5.74) is 14.5. The van der Waals surface area contributed by atoms with E-state index < -0.39 is 0 Å². The third kappa shape index (κ3) is 1.09. The van der Waals surface area contributed by atoms with Crippen LogP contribution in [0.1, 0.15) is 5.56 Å². The van der Waals surface area contributed by atoms with Crippen molar-refractivity contribution < 1.29 is 0 Å². The summed E-state index contributed by atoms with van der Waals surface area (Å²) in [5.74, 6) is 0. The van der Waals surface area contributed by atoms with Crippen molar-refractivity contribution in [1.29, 1.82) is 0 Å². The van der Waals surface area contributed by atoms with Crippen LogP contribution in [0.4, 0.5) is 5.69 Å². The van der Waals surface area contributed by atoms with E-state index in [0.29, 0.717) is 6.54 Å². The van der Waals surface area contributed by atoms with E-state index in [9.17, 15) is 0 Å². The van der Waals surface area contributed by atoms with Crippen LogP contribution in [-0.4, -0.2) is 4.57 Å². The van der Waals surface area contributed by atoms with Gasteiger partial charge in [-0.05, 0) is 11.6 Å². The van der Waals surface area contributed by atoms with E-state index in [-0.39, 0.29) is 0 Å². The maximum atomic E-state index is 5.86. The smallest absolute Gasteiger partial charge is 0.0714 e. The minimum absolute atomic E-state index is 0.556. The molecule has 3 heteroatoms. The highest BCUT2D eigenvalue weighted by Crippen LogP contribution is 2.24. The van der Waals surface area contributed by atoms with E-state index in [4.69, 9.17) is 11.5 Å². The lowest BCUT2D eigenvalue weighted by Crippen LogP contribution is -1.94. The Balaban J connectivity index is 2.87. The number of benzene rings is 1. The molecule has 3 nitrogen and oxygen atoms in total. The summed E-state index contributed by atoms with van der Waals surface area (Å²) < 4.78 is 2.02. The molecule has 0 saturated carbocycles. The standard InChI is InChI=1S/C10H13N3/c1-13-6-7(5-11)8-3-2-4-9(12)10(8)13/h2-4,6H,5,11-12H2,1H3. The monoisotopic (exact) mass is 175 g/mol. The SMILES string of the molecule is Cn1cc(CN)c2cccc(N)c21. The van der Waals surface area contributed by atoms with Gasteiger partial charge in [-0.15, -0.1) is 0 Å². The quantitative estimate of drug-likeness (QED) is 0.640. The second-order valence-electron chi connectivity index (χ2n) is 3.21. The second-order valence-corrected chi connectivity index (χ2v) is 3.21. The van der Waals surface area contributed by atoms with Gasteiger partial charge in [0.2, 0.25) is 0 Å². The van der Waals surface area contributed by atoms with Crippen LogP contribution in [0.5, 0.6) is 0 Å². The molecule has 1 heterocycles. The highest BCUT2D eigenvalue weighted by atomic mass is 14.9. The van der Waals surface area contributed by atoms with Gasteiger partial charge in [0.05, 0.1) is 11.2 Å². The number of hydrogen-bond acceptors (Lipinski definition) is 2. The third-order valence-corrected chi connectivity index (χ3v) is 2.34. The zero-order chi connectivity index (χ0) is 9.42. The molecular weight excluding hydrogens is 162 g/mol. The normalized spacial score (nSPS) is 10.9. The van der Waals surface area contributed by atoms with Crippen molar-refractivity contribution in [3.63, 3.8) is 0 Å². The molecule has 0 aliphatic carbocycles. The first-order chi connectivity index (χ1) is 6.24. The van der Waals surface area contributed by atoms with Crippen LogP contribution in [0.25, 0.3) is 10.9 Å². The summed E-state index contributed by atoms with van der Waals surface area (Å²) in [6.45, 7) is 0.556. The topological polar surface area (TPSA) is 57.0 Å². The first kappa shape index (κ1) is 8.13. The number of anilines is 1. The molecule has 2 aromatic rings. The lowest BCUT2D eigenvalue weighted by Gasteiger charge is -1.99. The number of nitrogens with zero attached hydrogens (tertiary/aromatic N) is 1. The molecule has 4 N–H and O–H groups in total. The molecule has 2 rings (SSSR count). The van der Waals surface area contributed by atoms with Crippen LogP contribution in [0.2, 0.25) is 0 Å². The maximum Gasteiger partial charge on any atom is 0.0714 e. The lowest BCUT2D eigenvalue weighted by atomic mass is 10.1. The summed E-state index contributed by atoms with van der Waals surface area (Å²) in [6, 6.07) is 5.91. The van der Waals surface area contributed by atoms with E-state index in [1.807, 2.05) is 36.0 Å². The molecule has 13 heavy (non-hydrogen) atoms. The van der Waals surface area contributed by atoms with E-state index in [2.05, 4.69) is 0 Å². The van der Waals surface area contributed by atoms with Crippen molar-refractivity contribution in [2.24, 2.45) is 12.8 Å². The van der Waals surface area contributed by atoms with Gasteiger partial charge in [0.1, 0.15) is 0 Å². The van der Waals surface area contributed by atoms with Gasteiger partial charge in [-0.2, -0.15) is 0 Å². The molecule has 0 spiro atoms. The Kier molecular flexibility index (Phi) is 1.74. The Hall–Kier alpha value is -1.48. The van der Waals surface area contributed by atoms with Gasteiger partial charge in [-0.25, -0.2) is 0 Å². The summed E-state index contributed by atoms with van der Waals surface area (Å²) in [7, 11) is 1.98. The highest BCUT2D eigenvalue weighted by Gasteiger charge is 2.06. The van der Waals surface area contributed by atoms with Crippen LogP contribution >= 0.6 is 0 Å². The van der Waals surface area contributed by atoms with Crippen molar-refractivity contribution in [2.75, 3.05) is 5.73 Å². The zero-order valence-corrected chi connectivity index (χ0v) is 7.62. The fraction of sp³-hybridized carbons (Fsp3) is 0.200. The van der Waals surface area contributed by atoms with E-state index in [1.165, 1.54) is 0 Å². The Bertz CT molecular complexity index is 443. The Labute approximate surface area is 76.9 Å². The fourth-order valence-corrected chi connectivity index (χ4v) is 1.74. The van der Waals surface area contributed by atoms with Crippen LogP contribution < -0.4 is 11.5 Å². The summed E-state index contributed by atoms with van der Waals surface area (Å²) in [4.78, 5) is 0. The molecule has 0 radical (unpaired) electrons. The van der Waals surface area contributed by atoms with Crippen LogP contribution in [0, 0.1) is 0 Å². The van der Waals surface area contributed by atoms with E-state index in [0.717, 1.165) is 22.2 Å². The van der Waals surface area contributed by atoms with E-state index in [1.54, 1.807) is 0 Å². The molecule has 0 bridgehead atoms. The predicted molar refractivity (Wildman–Crippen MR) is 55.2 cm³/mol. The van der Waals surface area contributed by atoms with Crippen LogP contribution in [0.3, 0.4) is 0 Å². The van der Waals surface area contributed by atoms with Gasteiger partial charge in [-0.3, -0.25) is 0 Å². The molecule has 0 aliphatic rings. The van der Waals surface area contributed by atoms with Gasteiger partial charge in [0.15, 0.2) is 0 Å². The van der Waals surface area contributed by atoms with E-state index >= 15 is 0 Å². The van der Waals surface area contributed by atoms with Gasteiger partial charge < -0.3 is 16.0 Å². The molecule has 1 aromatic heterocycles. The van der Waals surface area contributed by atoms with Crippen molar-refractivity contribution in [2.45, 2.75) is 6.54 Å². The fourth-order valence-electron chi connectivity index (χ4n) is 1.74. The molecule has 0 aliphatic heterocycles. The molecule has 0 atom stereocenters. The van der Waals surface area contributed by atoms with Crippen molar-refractivity contribution in [3.8, 4) is 0 Å². The molecule has 0 unspecified atom stereocenters. The molecular formula is C10H13N3. The average molecular weight is 175 g/mol. The average Bonchev–Trinajstić information content (AvgIpc) is 2.44. The Morgan fingerprint density at radius 2 is 2.15 bits per heavy atom. The van der Waals surface area contributed by atoms with Gasteiger partial charge in [-0.1, -0.05) is 12.1 Å². The summed E-state index contributed by atoms with van der Waals surface area (Å²) in [6.07, 6.45) is 2.03. The maximum absolute atomic E-state index is 5.86. The van der Waals surface area contributed by atoms with Gasteiger partial charge in [0.25, 0.3) is 0 Å². The third-order valence-electron chi connectivity index (χ3n) is 2.34. The van der Waals surface area contributed by atoms with Crippen LogP contribution in [-0.2, 0) is 13.6 Å². The molecule has 1 aromatic carbocycles. The molecule has 0 saturated heterocycles. The van der Waals surface area contributed by atoms with Crippen molar-refractivity contribution in [3.05, 3.63) is 30.0 Å². The van der Waals surface area contributed by atoms with Gasteiger partial charge in [0, 0.05) is 25.2 Å². The number of aryl methyl sites for hydroxylation is 1. The lowest BCUT2D eigenvalue weighted by molar-refractivity contribution is 0.949. The minimum atomic E-state index is 0.556. The number of para-hydroxylation sites is 1. The van der Waals surface area contributed by atoms with Crippen LogP contribution in [0.15, 0.2) is 24.4 Å². The number of fused-ring (bicyclic) bond motifs is 1. The van der Waals surface area contributed by atoms with Crippen molar-refractivity contribution >= 4 is 16.6 Å². The predicted octanol–water partition coefficient (Wildman–Crippen LogP) is 1.22.